The maximum Gasteiger partial charge on any atom is 0.240 e. The standard InChI is InChI=1S/C14H24N4O3/c15-11(19)10-6-2-5-9-18(10)13(20)14(12(16)17-21)7-3-1-4-8-14/h10,21H,1-9H2,(H2,15,19)(H2,16,17). The molecule has 1 aliphatic carbocycles. The van der Waals surface area contributed by atoms with Crippen LogP contribution in [0.1, 0.15) is 51.4 Å². The Hall–Kier alpha value is -1.79. The molecule has 2 amide bonds. The number of nitrogens with two attached hydrogens (primary N) is 2. The number of carbonyl (C=O) groups excluding carboxylic acids is 2. The molecule has 1 atom stereocenters. The van der Waals surface area contributed by atoms with Crippen LogP contribution in [0.15, 0.2) is 5.16 Å². The fourth-order valence-electron chi connectivity index (χ4n) is 3.58. The Labute approximate surface area is 124 Å². The summed E-state index contributed by atoms with van der Waals surface area (Å²) in [5.41, 5.74) is 10.3. The molecule has 7 nitrogen and oxygen atoms in total. The van der Waals surface area contributed by atoms with E-state index in [4.69, 9.17) is 16.7 Å². The lowest BCUT2D eigenvalue weighted by Crippen LogP contribution is -2.58. The molecule has 1 unspecified atom stereocenters. The van der Waals surface area contributed by atoms with Gasteiger partial charge in [0.25, 0.3) is 0 Å². The Morgan fingerprint density at radius 2 is 1.76 bits per heavy atom. The molecule has 1 saturated heterocycles. The number of piperidine rings is 1. The number of amides is 2. The third-order valence-corrected chi connectivity index (χ3v) is 4.81. The molecule has 0 aromatic carbocycles. The van der Waals surface area contributed by atoms with Crippen LogP contribution in [0, 0.1) is 5.41 Å². The topological polar surface area (TPSA) is 122 Å². The van der Waals surface area contributed by atoms with Gasteiger partial charge in [-0.2, -0.15) is 0 Å². The number of hydrogen-bond donors (Lipinski definition) is 3. The van der Waals surface area contributed by atoms with Crippen LogP contribution in [0.3, 0.4) is 0 Å². The van der Waals surface area contributed by atoms with Crippen molar-refractivity contribution >= 4 is 17.6 Å². The molecule has 2 aliphatic rings. The molecule has 118 valence electrons. The Morgan fingerprint density at radius 3 is 2.33 bits per heavy atom. The third kappa shape index (κ3) is 2.82. The van der Waals surface area contributed by atoms with Gasteiger partial charge in [0.15, 0.2) is 5.84 Å². The minimum Gasteiger partial charge on any atom is -0.409 e. The minimum absolute atomic E-state index is 0.0407. The summed E-state index contributed by atoms with van der Waals surface area (Å²) in [5.74, 6) is -0.726. The summed E-state index contributed by atoms with van der Waals surface area (Å²) >= 11 is 0. The number of rotatable bonds is 3. The molecule has 2 fully saturated rings. The van der Waals surface area contributed by atoms with E-state index < -0.39 is 17.4 Å². The van der Waals surface area contributed by atoms with Crippen molar-refractivity contribution in [2.24, 2.45) is 22.0 Å². The van der Waals surface area contributed by atoms with E-state index in [9.17, 15) is 9.59 Å². The number of carbonyl (C=O) groups is 2. The van der Waals surface area contributed by atoms with Crippen LogP contribution in [0.5, 0.6) is 0 Å². The molecule has 2 rings (SSSR count). The molecule has 0 bridgehead atoms. The third-order valence-electron chi connectivity index (χ3n) is 4.81. The zero-order chi connectivity index (χ0) is 15.5. The average molecular weight is 296 g/mol. The van der Waals surface area contributed by atoms with Gasteiger partial charge >= 0.3 is 0 Å². The molecular formula is C14H24N4O3. The second-order valence-corrected chi connectivity index (χ2v) is 6.04. The lowest BCUT2D eigenvalue weighted by Gasteiger charge is -2.42. The van der Waals surface area contributed by atoms with Crippen LogP contribution < -0.4 is 11.5 Å². The summed E-state index contributed by atoms with van der Waals surface area (Å²) in [6, 6.07) is -0.573. The van der Waals surface area contributed by atoms with Gasteiger partial charge < -0.3 is 21.6 Å². The van der Waals surface area contributed by atoms with Crippen LogP contribution >= 0.6 is 0 Å². The maximum absolute atomic E-state index is 13.0. The predicted molar refractivity (Wildman–Crippen MR) is 77.5 cm³/mol. The van der Waals surface area contributed by atoms with E-state index in [0.29, 0.717) is 25.8 Å². The lowest BCUT2D eigenvalue weighted by atomic mass is 9.71. The molecule has 0 aromatic rings. The van der Waals surface area contributed by atoms with Crippen LogP contribution in [0.2, 0.25) is 0 Å². The average Bonchev–Trinajstić information content (AvgIpc) is 2.53. The van der Waals surface area contributed by atoms with Crippen LogP contribution in [-0.4, -0.2) is 40.3 Å². The molecule has 7 heteroatoms. The Bertz CT molecular complexity index is 444. The zero-order valence-electron chi connectivity index (χ0n) is 12.3. The molecule has 21 heavy (non-hydrogen) atoms. The second kappa shape index (κ2) is 6.32. The van der Waals surface area contributed by atoms with Gasteiger partial charge in [0.2, 0.25) is 11.8 Å². The Morgan fingerprint density at radius 1 is 1.10 bits per heavy atom. The van der Waals surface area contributed by atoms with Crippen molar-refractivity contribution in [1.82, 2.24) is 4.90 Å². The summed E-state index contributed by atoms with van der Waals surface area (Å²) in [4.78, 5) is 26.2. The zero-order valence-corrected chi connectivity index (χ0v) is 12.3. The van der Waals surface area contributed by atoms with Crippen molar-refractivity contribution in [3.63, 3.8) is 0 Å². The fourth-order valence-corrected chi connectivity index (χ4v) is 3.58. The first kappa shape index (κ1) is 15.6. The fraction of sp³-hybridized carbons (Fsp3) is 0.786. The first-order chi connectivity index (χ1) is 10.0. The molecule has 0 spiro atoms. The van der Waals surface area contributed by atoms with Crippen LogP contribution in [0.25, 0.3) is 0 Å². The van der Waals surface area contributed by atoms with Gasteiger partial charge in [-0.25, -0.2) is 0 Å². The van der Waals surface area contributed by atoms with Crippen LogP contribution in [0.4, 0.5) is 0 Å². The van der Waals surface area contributed by atoms with Crippen molar-refractivity contribution < 1.29 is 14.8 Å². The van der Waals surface area contributed by atoms with Crippen molar-refractivity contribution in [2.45, 2.75) is 57.4 Å². The van der Waals surface area contributed by atoms with Gasteiger partial charge in [-0.15, -0.1) is 0 Å². The highest BCUT2D eigenvalue weighted by atomic mass is 16.4. The molecule has 1 heterocycles. The number of likely N-dealkylation sites (tertiary alicyclic amines) is 1. The van der Waals surface area contributed by atoms with E-state index in [0.717, 1.165) is 32.1 Å². The van der Waals surface area contributed by atoms with Crippen LogP contribution in [-0.2, 0) is 9.59 Å². The largest absolute Gasteiger partial charge is 0.409 e. The van der Waals surface area contributed by atoms with E-state index in [1.807, 2.05) is 0 Å². The summed E-state index contributed by atoms with van der Waals surface area (Å²) in [6.45, 7) is 0.507. The number of oxime groups is 1. The van der Waals surface area contributed by atoms with Crippen molar-refractivity contribution in [3.05, 3.63) is 0 Å². The quantitative estimate of drug-likeness (QED) is 0.304. The lowest BCUT2D eigenvalue weighted by molar-refractivity contribution is -0.148. The monoisotopic (exact) mass is 296 g/mol. The van der Waals surface area contributed by atoms with E-state index >= 15 is 0 Å². The van der Waals surface area contributed by atoms with E-state index in [1.165, 1.54) is 0 Å². The van der Waals surface area contributed by atoms with Crippen molar-refractivity contribution in [2.75, 3.05) is 6.54 Å². The Kier molecular flexibility index (Phi) is 4.69. The van der Waals surface area contributed by atoms with Crippen molar-refractivity contribution in [3.8, 4) is 0 Å². The summed E-state index contributed by atoms with van der Waals surface area (Å²) in [6.07, 6.45) is 6.19. The molecule has 1 aliphatic heterocycles. The molecule has 0 aromatic heterocycles. The van der Waals surface area contributed by atoms with Gasteiger partial charge in [-0.1, -0.05) is 24.4 Å². The smallest absolute Gasteiger partial charge is 0.240 e. The number of primary amides is 1. The minimum atomic E-state index is -0.974. The highest BCUT2D eigenvalue weighted by Gasteiger charge is 2.48. The van der Waals surface area contributed by atoms with Gasteiger partial charge in [0, 0.05) is 6.54 Å². The summed E-state index contributed by atoms with van der Waals surface area (Å²) in [7, 11) is 0. The molecule has 5 N–H and O–H groups in total. The maximum atomic E-state index is 13.0. The summed E-state index contributed by atoms with van der Waals surface area (Å²) < 4.78 is 0. The van der Waals surface area contributed by atoms with Gasteiger partial charge in [-0.3, -0.25) is 9.59 Å². The number of nitrogens with zero attached hydrogens (tertiary/aromatic N) is 2. The van der Waals surface area contributed by atoms with Gasteiger partial charge in [-0.05, 0) is 32.1 Å². The normalized spacial score (nSPS) is 26.4. The van der Waals surface area contributed by atoms with Crippen molar-refractivity contribution in [1.29, 1.82) is 0 Å². The predicted octanol–water partition coefficient (Wildman–Crippen LogP) is 0.550. The number of hydrogen-bond acceptors (Lipinski definition) is 4. The second-order valence-electron chi connectivity index (χ2n) is 6.04. The highest BCUT2D eigenvalue weighted by molar-refractivity contribution is 6.07. The first-order valence-electron chi connectivity index (χ1n) is 7.61. The Balaban J connectivity index is 2.30. The van der Waals surface area contributed by atoms with E-state index in [2.05, 4.69) is 5.16 Å². The molecular weight excluding hydrogens is 272 g/mol. The molecule has 0 radical (unpaired) electrons. The first-order valence-corrected chi connectivity index (χ1v) is 7.61. The van der Waals surface area contributed by atoms with Gasteiger partial charge in [0.05, 0.1) is 0 Å². The van der Waals surface area contributed by atoms with E-state index in [1.54, 1.807) is 4.90 Å². The van der Waals surface area contributed by atoms with E-state index in [-0.39, 0.29) is 11.7 Å². The molecule has 1 saturated carbocycles. The van der Waals surface area contributed by atoms with Gasteiger partial charge in [0.1, 0.15) is 11.5 Å². The highest BCUT2D eigenvalue weighted by Crippen LogP contribution is 2.39. The SMILES string of the molecule is NC(=O)C1CCCCN1C(=O)C1(C(N)=NO)CCCCC1. The summed E-state index contributed by atoms with van der Waals surface area (Å²) in [5, 5.41) is 12.2. The number of amidine groups is 1.